The van der Waals surface area contributed by atoms with Gasteiger partial charge in [-0.15, -0.1) is 0 Å². The monoisotopic (exact) mass is 755 g/mol. The highest BCUT2D eigenvalue weighted by molar-refractivity contribution is 6.35. The number of H-pyrrole nitrogens is 1. The number of carbonyl (C=O) groups excluding carboxylic acids is 2. The second-order valence-corrected chi connectivity index (χ2v) is 13.4. The number of amides is 1. The summed E-state index contributed by atoms with van der Waals surface area (Å²) in [6.07, 6.45) is 0.950. The predicted octanol–water partition coefficient (Wildman–Crippen LogP) is 8.58. The number of nitrogens with one attached hydrogen (secondary N) is 1. The minimum Gasteiger partial charge on any atom is -0.494 e. The third kappa shape index (κ3) is 7.18. The van der Waals surface area contributed by atoms with Crippen molar-refractivity contribution in [1.29, 1.82) is 0 Å². The number of aromatic amines is 1. The summed E-state index contributed by atoms with van der Waals surface area (Å²) >= 11 is 13.1. The maximum atomic E-state index is 14.4. The molecule has 2 aromatic heterocycles. The highest BCUT2D eigenvalue weighted by Crippen LogP contribution is 2.42. The number of esters is 1. The van der Waals surface area contributed by atoms with E-state index in [1.807, 2.05) is 32.0 Å². The van der Waals surface area contributed by atoms with E-state index in [2.05, 4.69) is 15.0 Å². The first-order valence-electron chi connectivity index (χ1n) is 16.8. The van der Waals surface area contributed by atoms with E-state index in [-0.39, 0.29) is 33.4 Å². The molecule has 52 heavy (non-hydrogen) atoms. The van der Waals surface area contributed by atoms with Crippen LogP contribution in [0.5, 0.6) is 5.75 Å². The Morgan fingerprint density at radius 2 is 1.67 bits per heavy atom. The minimum absolute atomic E-state index is 0.0599. The molecule has 0 saturated carbocycles. The van der Waals surface area contributed by atoms with E-state index in [1.165, 1.54) is 7.11 Å². The van der Waals surface area contributed by atoms with Crippen LogP contribution in [-0.4, -0.2) is 71.4 Å². The number of fused-ring (bicyclic) bond motifs is 1. The van der Waals surface area contributed by atoms with Gasteiger partial charge in [-0.3, -0.25) is 4.79 Å². The van der Waals surface area contributed by atoms with Crippen molar-refractivity contribution >= 4 is 51.7 Å². The second-order valence-electron chi connectivity index (χ2n) is 12.6. The molecule has 3 heterocycles. The molecule has 0 spiro atoms. The lowest BCUT2D eigenvalue weighted by atomic mass is 9.98. The van der Waals surface area contributed by atoms with Crippen LogP contribution in [-0.2, 0) is 31.3 Å². The molecule has 9 nitrogen and oxygen atoms in total. The van der Waals surface area contributed by atoms with Crippen LogP contribution in [0.3, 0.4) is 0 Å². The number of piperazine rings is 1. The maximum absolute atomic E-state index is 14.4. The molecule has 0 unspecified atom stereocenters. The van der Waals surface area contributed by atoms with Crippen molar-refractivity contribution < 1.29 is 32.2 Å². The number of benzene rings is 3. The molecule has 1 aliphatic heterocycles. The first-order valence-corrected chi connectivity index (χ1v) is 17.6. The molecule has 5 aromatic rings. The molecular formula is C38H38Cl2F3N5O4. The lowest BCUT2D eigenvalue weighted by Crippen LogP contribution is -2.49. The smallest absolute Gasteiger partial charge is 0.337 e. The largest absolute Gasteiger partial charge is 0.494 e. The van der Waals surface area contributed by atoms with E-state index in [0.717, 1.165) is 21.5 Å². The highest BCUT2D eigenvalue weighted by Gasteiger charge is 2.30. The fourth-order valence-electron chi connectivity index (χ4n) is 6.85. The summed E-state index contributed by atoms with van der Waals surface area (Å²) in [6, 6.07) is 14.3. The van der Waals surface area contributed by atoms with Gasteiger partial charge in [-0.2, -0.15) is 5.10 Å². The quantitative estimate of drug-likeness (QED) is 0.101. The second kappa shape index (κ2) is 15.9. The summed E-state index contributed by atoms with van der Waals surface area (Å²) in [7, 11) is 1.33. The Balaban J connectivity index is 1.33. The number of anilines is 1. The van der Waals surface area contributed by atoms with Crippen LogP contribution < -0.4 is 9.64 Å². The van der Waals surface area contributed by atoms with Crippen molar-refractivity contribution in [3.8, 4) is 16.9 Å². The molecule has 0 aliphatic carbocycles. The Labute approximate surface area is 309 Å². The minimum atomic E-state index is -1.15. The van der Waals surface area contributed by atoms with Gasteiger partial charge in [0.1, 0.15) is 30.5 Å². The van der Waals surface area contributed by atoms with Gasteiger partial charge >= 0.3 is 5.97 Å². The SMILES string of the molecule is COC(=O)c1cccc(N2CCN(C(=O)c3[nH]c4c(-c5c(CF)nn(CF)c5CF)c(Cl)ccc4c3CCCOc3cc(C)c(Cl)c(C)c3)CC2)c1. The van der Waals surface area contributed by atoms with Crippen molar-refractivity contribution in [3.63, 3.8) is 0 Å². The number of halogens is 5. The van der Waals surface area contributed by atoms with Gasteiger partial charge in [0.2, 0.25) is 0 Å². The van der Waals surface area contributed by atoms with Crippen molar-refractivity contribution in [1.82, 2.24) is 19.7 Å². The lowest BCUT2D eigenvalue weighted by molar-refractivity contribution is 0.0600. The Kier molecular flexibility index (Phi) is 11.4. The average Bonchev–Trinajstić information content (AvgIpc) is 3.72. The van der Waals surface area contributed by atoms with Crippen molar-refractivity contribution in [2.45, 2.75) is 46.8 Å². The number of carbonyl (C=O) groups is 2. The standard InChI is InChI=1S/C38H38Cl2F3N5O4/c1-22-16-26(17-23(2)34(22)40)52-15-5-8-27-28-9-10-29(39)32(33-30(19-41)45-48(21-43)31(33)20-42)35(28)44-36(27)37(49)47-13-11-46(12-14-47)25-7-4-6-24(18-25)38(50)51-3/h4,6-7,9-10,16-18,44H,5,8,11-15,19-21H2,1-3H3. The number of alkyl halides is 3. The number of hydrogen-bond donors (Lipinski definition) is 1. The molecular weight excluding hydrogens is 718 g/mol. The van der Waals surface area contributed by atoms with Gasteiger partial charge in [0.25, 0.3) is 5.91 Å². The molecule has 274 valence electrons. The molecule has 0 atom stereocenters. The summed E-state index contributed by atoms with van der Waals surface area (Å²) in [4.78, 5) is 33.6. The van der Waals surface area contributed by atoms with E-state index < -0.39 is 26.1 Å². The van der Waals surface area contributed by atoms with E-state index in [0.29, 0.717) is 84.1 Å². The number of ether oxygens (including phenoxy) is 2. The summed E-state index contributed by atoms with van der Waals surface area (Å²) < 4.78 is 54.3. The summed E-state index contributed by atoms with van der Waals surface area (Å²) in [5, 5.41) is 5.46. The van der Waals surface area contributed by atoms with Gasteiger partial charge in [-0.25, -0.2) is 22.6 Å². The van der Waals surface area contributed by atoms with Crippen LogP contribution in [0.4, 0.5) is 18.9 Å². The third-order valence-electron chi connectivity index (χ3n) is 9.44. The zero-order valence-electron chi connectivity index (χ0n) is 29.0. The maximum Gasteiger partial charge on any atom is 0.337 e. The van der Waals surface area contributed by atoms with Crippen molar-refractivity contribution in [2.24, 2.45) is 0 Å². The van der Waals surface area contributed by atoms with Crippen LogP contribution in [0.25, 0.3) is 22.0 Å². The molecule has 1 N–H and O–H groups in total. The number of nitrogens with zero attached hydrogens (tertiary/aromatic N) is 4. The number of rotatable bonds is 12. The fraction of sp³-hybridized carbons (Fsp3) is 0.342. The zero-order chi connectivity index (χ0) is 37.1. The first-order chi connectivity index (χ1) is 25.1. The molecule has 3 aromatic carbocycles. The average molecular weight is 757 g/mol. The van der Waals surface area contributed by atoms with E-state index >= 15 is 0 Å². The summed E-state index contributed by atoms with van der Waals surface area (Å²) in [6.45, 7) is 2.64. The summed E-state index contributed by atoms with van der Waals surface area (Å²) in [5.41, 5.74) is 4.49. The predicted molar refractivity (Wildman–Crippen MR) is 196 cm³/mol. The van der Waals surface area contributed by atoms with E-state index in [1.54, 1.807) is 35.2 Å². The molecule has 6 rings (SSSR count). The Morgan fingerprint density at radius 1 is 0.942 bits per heavy atom. The zero-order valence-corrected chi connectivity index (χ0v) is 30.5. The normalized spacial score (nSPS) is 13.2. The Bertz CT molecular complexity index is 2100. The van der Waals surface area contributed by atoms with Crippen LogP contribution in [0, 0.1) is 13.8 Å². The van der Waals surface area contributed by atoms with Gasteiger partial charge in [0.15, 0.2) is 6.80 Å². The Morgan fingerprint density at radius 3 is 2.33 bits per heavy atom. The number of aromatic nitrogens is 3. The Hall–Kier alpha value is -4.68. The van der Waals surface area contributed by atoms with Crippen molar-refractivity contribution in [3.05, 3.63) is 97.9 Å². The van der Waals surface area contributed by atoms with Gasteiger partial charge in [0.05, 0.1) is 35.5 Å². The molecule has 1 amide bonds. The summed E-state index contributed by atoms with van der Waals surface area (Å²) in [5.74, 6) is -0.00219. The number of methoxy groups -OCH3 is 1. The topological polar surface area (TPSA) is 92.7 Å². The van der Waals surface area contributed by atoms with Crippen molar-refractivity contribution in [2.75, 3.05) is 44.8 Å². The van der Waals surface area contributed by atoms with Crippen LogP contribution >= 0.6 is 23.2 Å². The van der Waals surface area contributed by atoms with Gasteiger partial charge in [-0.1, -0.05) is 35.3 Å². The van der Waals surface area contributed by atoms with Gasteiger partial charge < -0.3 is 24.3 Å². The first kappa shape index (κ1) is 37.1. The van der Waals surface area contributed by atoms with E-state index in [4.69, 9.17) is 32.7 Å². The lowest BCUT2D eigenvalue weighted by Gasteiger charge is -2.36. The fourth-order valence-corrected chi connectivity index (χ4v) is 7.21. The highest BCUT2D eigenvalue weighted by atomic mass is 35.5. The molecule has 1 aliphatic rings. The molecule has 1 saturated heterocycles. The molecule has 14 heteroatoms. The van der Waals surface area contributed by atoms with Gasteiger partial charge in [0, 0.05) is 53.4 Å². The molecule has 1 fully saturated rings. The number of hydrogen-bond acceptors (Lipinski definition) is 6. The van der Waals surface area contributed by atoms with Crippen LogP contribution in [0.15, 0.2) is 48.5 Å². The molecule has 0 bridgehead atoms. The van der Waals surface area contributed by atoms with Crippen LogP contribution in [0.1, 0.15) is 55.3 Å². The third-order valence-corrected chi connectivity index (χ3v) is 10.4. The number of aryl methyl sites for hydroxylation is 3. The van der Waals surface area contributed by atoms with Crippen LogP contribution in [0.2, 0.25) is 10.0 Å². The van der Waals surface area contributed by atoms with Gasteiger partial charge in [-0.05, 0) is 79.8 Å². The van der Waals surface area contributed by atoms with E-state index in [9.17, 15) is 22.8 Å². The molecule has 0 radical (unpaired) electrons.